The molecule has 0 aliphatic rings. The third-order valence-electron chi connectivity index (χ3n) is 3.87. The number of fused-ring (bicyclic) bond motifs is 1. The predicted molar refractivity (Wildman–Crippen MR) is 100 cm³/mol. The van der Waals surface area contributed by atoms with Crippen LogP contribution in [-0.2, 0) is 0 Å². The van der Waals surface area contributed by atoms with Gasteiger partial charge >= 0.3 is 5.97 Å². The minimum absolute atomic E-state index is 0.188. The van der Waals surface area contributed by atoms with Crippen molar-refractivity contribution in [3.8, 4) is 21.8 Å². The first-order valence-corrected chi connectivity index (χ1v) is 8.51. The zero-order valence-electron chi connectivity index (χ0n) is 13.7. The number of rotatable bonds is 4. The van der Waals surface area contributed by atoms with E-state index in [1.54, 1.807) is 23.8 Å². The molecule has 0 fully saturated rings. The summed E-state index contributed by atoms with van der Waals surface area (Å²) in [5.41, 5.74) is 9.07. The number of nitrogens with one attached hydrogen (secondary N) is 1. The molecule has 0 bridgehead atoms. The van der Waals surface area contributed by atoms with Gasteiger partial charge in [-0.05, 0) is 6.07 Å². The molecule has 4 N–H and O–H groups in total. The van der Waals surface area contributed by atoms with Crippen LogP contribution in [0.15, 0.2) is 42.6 Å². The van der Waals surface area contributed by atoms with Gasteiger partial charge in [-0.15, -0.1) is 11.3 Å². The van der Waals surface area contributed by atoms with Crippen LogP contribution in [0.25, 0.3) is 27.5 Å². The highest BCUT2D eigenvalue weighted by atomic mass is 32.1. The van der Waals surface area contributed by atoms with Crippen molar-refractivity contribution in [3.63, 3.8) is 0 Å². The van der Waals surface area contributed by atoms with Crippen LogP contribution < -0.4 is 11.1 Å². The maximum Gasteiger partial charge on any atom is 0.349 e. The van der Waals surface area contributed by atoms with Crippen LogP contribution in [0, 0.1) is 0 Å². The summed E-state index contributed by atoms with van der Waals surface area (Å²) in [4.78, 5) is 20.1. The Morgan fingerprint density at radius 3 is 2.58 bits per heavy atom. The van der Waals surface area contributed by atoms with Crippen LogP contribution in [0.3, 0.4) is 0 Å². The van der Waals surface area contributed by atoms with Crippen LogP contribution in [-0.4, -0.2) is 37.7 Å². The molecule has 0 spiro atoms. The van der Waals surface area contributed by atoms with E-state index in [0.717, 1.165) is 28.2 Å². The Morgan fingerprint density at radius 1 is 1.23 bits per heavy atom. The van der Waals surface area contributed by atoms with Gasteiger partial charge in [0.05, 0.1) is 5.69 Å². The van der Waals surface area contributed by atoms with Gasteiger partial charge in [-0.3, -0.25) is 0 Å². The van der Waals surface area contributed by atoms with E-state index in [1.807, 2.05) is 30.3 Å². The van der Waals surface area contributed by atoms with Crippen molar-refractivity contribution in [2.75, 3.05) is 18.1 Å². The first kappa shape index (κ1) is 16.0. The molecule has 0 unspecified atom stereocenters. The van der Waals surface area contributed by atoms with E-state index >= 15 is 0 Å². The molecule has 8 nitrogen and oxygen atoms in total. The van der Waals surface area contributed by atoms with Crippen molar-refractivity contribution < 1.29 is 9.90 Å². The summed E-state index contributed by atoms with van der Waals surface area (Å²) in [5, 5.41) is 17.2. The summed E-state index contributed by atoms with van der Waals surface area (Å²) in [7, 11) is 1.65. The molecule has 1 aromatic carbocycles. The predicted octanol–water partition coefficient (Wildman–Crippen LogP) is 2.84. The Balaban J connectivity index is 1.70. The average molecular weight is 366 g/mol. The summed E-state index contributed by atoms with van der Waals surface area (Å²) in [5.74, 6) is -0.116. The second kappa shape index (κ2) is 6.12. The van der Waals surface area contributed by atoms with Gasteiger partial charge in [-0.2, -0.15) is 9.61 Å². The van der Waals surface area contributed by atoms with Crippen LogP contribution in [0.5, 0.6) is 0 Å². The first-order valence-electron chi connectivity index (χ1n) is 7.70. The molecule has 0 atom stereocenters. The van der Waals surface area contributed by atoms with E-state index in [4.69, 9.17) is 5.73 Å². The molecule has 3 aromatic heterocycles. The second-order valence-corrected chi connectivity index (χ2v) is 6.50. The molecule has 0 aliphatic heterocycles. The van der Waals surface area contributed by atoms with E-state index in [9.17, 15) is 9.90 Å². The zero-order chi connectivity index (χ0) is 18.3. The number of thiazole rings is 1. The number of aromatic nitrogens is 4. The van der Waals surface area contributed by atoms with Gasteiger partial charge in [-0.1, -0.05) is 24.3 Å². The van der Waals surface area contributed by atoms with Crippen molar-refractivity contribution in [3.05, 3.63) is 47.5 Å². The minimum atomic E-state index is -0.996. The van der Waals surface area contributed by atoms with E-state index in [0.29, 0.717) is 22.3 Å². The standard InChI is InChI=1S/C17H14N6O2S/c1-19-15-14(17(24)25)26-16(21-15)10-4-2-9(3-5-10)11-8-13-20-7-6-12(18)23(13)22-11/h2-8,19H,18H2,1H3,(H,24,25). The van der Waals surface area contributed by atoms with Crippen LogP contribution in [0.4, 0.5) is 11.6 Å². The van der Waals surface area contributed by atoms with Gasteiger partial charge < -0.3 is 16.2 Å². The molecule has 0 saturated heterocycles. The number of benzene rings is 1. The van der Waals surface area contributed by atoms with Crippen molar-refractivity contribution in [2.24, 2.45) is 0 Å². The van der Waals surface area contributed by atoms with Crippen molar-refractivity contribution >= 4 is 34.6 Å². The molecular formula is C17H14N6O2S. The molecule has 0 radical (unpaired) electrons. The fourth-order valence-electron chi connectivity index (χ4n) is 2.60. The SMILES string of the molecule is CNc1nc(-c2ccc(-c3cc4nccc(N)n4n3)cc2)sc1C(=O)O. The third kappa shape index (κ3) is 2.64. The molecule has 4 aromatic rings. The highest BCUT2D eigenvalue weighted by Crippen LogP contribution is 2.32. The molecule has 0 saturated carbocycles. The lowest BCUT2D eigenvalue weighted by Gasteiger charge is -1.99. The Labute approximate surface area is 152 Å². The second-order valence-electron chi connectivity index (χ2n) is 5.50. The number of aromatic carboxylic acids is 1. The van der Waals surface area contributed by atoms with Crippen LogP contribution in [0.1, 0.15) is 9.67 Å². The monoisotopic (exact) mass is 366 g/mol. The number of hydrogen-bond acceptors (Lipinski definition) is 7. The lowest BCUT2D eigenvalue weighted by Crippen LogP contribution is -1.98. The van der Waals surface area contributed by atoms with Gasteiger partial charge in [-0.25, -0.2) is 14.8 Å². The number of nitrogens with zero attached hydrogens (tertiary/aromatic N) is 4. The lowest BCUT2D eigenvalue weighted by molar-refractivity contribution is 0.0703. The Kier molecular flexibility index (Phi) is 3.77. The Bertz CT molecular complexity index is 1120. The highest BCUT2D eigenvalue weighted by molar-refractivity contribution is 7.17. The molecule has 9 heteroatoms. The molecule has 3 heterocycles. The Morgan fingerprint density at radius 2 is 1.96 bits per heavy atom. The van der Waals surface area contributed by atoms with E-state index < -0.39 is 5.97 Å². The maximum absolute atomic E-state index is 11.3. The lowest BCUT2D eigenvalue weighted by atomic mass is 10.1. The molecule has 26 heavy (non-hydrogen) atoms. The number of carbonyl (C=O) groups is 1. The van der Waals surface area contributed by atoms with Crippen molar-refractivity contribution in [1.82, 2.24) is 19.6 Å². The van der Waals surface area contributed by atoms with Gasteiger partial charge in [0.25, 0.3) is 0 Å². The molecule has 0 amide bonds. The minimum Gasteiger partial charge on any atom is -0.477 e. The summed E-state index contributed by atoms with van der Waals surface area (Å²) in [6.07, 6.45) is 1.64. The van der Waals surface area contributed by atoms with Gasteiger partial charge in [0.1, 0.15) is 10.8 Å². The van der Waals surface area contributed by atoms with Crippen molar-refractivity contribution in [1.29, 1.82) is 0 Å². The largest absolute Gasteiger partial charge is 0.477 e. The highest BCUT2D eigenvalue weighted by Gasteiger charge is 2.17. The van der Waals surface area contributed by atoms with E-state index in [-0.39, 0.29) is 4.88 Å². The number of anilines is 2. The molecule has 130 valence electrons. The third-order valence-corrected chi connectivity index (χ3v) is 4.97. The van der Waals surface area contributed by atoms with Gasteiger partial charge in [0.15, 0.2) is 16.3 Å². The Hall–Kier alpha value is -3.46. The molecule has 0 aliphatic carbocycles. The number of nitrogens with two attached hydrogens (primary N) is 1. The quantitative estimate of drug-likeness (QED) is 0.508. The zero-order valence-corrected chi connectivity index (χ0v) is 14.5. The average Bonchev–Trinajstić information content (AvgIpc) is 3.27. The number of carboxylic acid groups (broad SMARTS) is 1. The first-order chi connectivity index (χ1) is 12.6. The maximum atomic E-state index is 11.3. The summed E-state index contributed by atoms with van der Waals surface area (Å²) in [6.45, 7) is 0. The van der Waals surface area contributed by atoms with Crippen LogP contribution in [0.2, 0.25) is 0 Å². The molecule has 4 rings (SSSR count). The molecular weight excluding hydrogens is 352 g/mol. The van der Waals surface area contributed by atoms with Gasteiger partial charge in [0.2, 0.25) is 0 Å². The number of carboxylic acids is 1. The summed E-state index contributed by atoms with van der Waals surface area (Å²) < 4.78 is 1.59. The van der Waals surface area contributed by atoms with E-state index in [2.05, 4.69) is 20.4 Å². The summed E-state index contributed by atoms with van der Waals surface area (Å²) in [6, 6.07) is 11.1. The fraction of sp³-hybridized carbons (Fsp3) is 0.0588. The normalized spacial score (nSPS) is 11.0. The topological polar surface area (TPSA) is 118 Å². The van der Waals surface area contributed by atoms with Gasteiger partial charge in [0, 0.05) is 30.4 Å². The fourth-order valence-corrected chi connectivity index (χ4v) is 3.51. The smallest absolute Gasteiger partial charge is 0.349 e. The summed E-state index contributed by atoms with van der Waals surface area (Å²) >= 11 is 1.13. The van der Waals surface area contributed by atoms with Crippen LogP contribution >= 0.6 is 11.3 Å². The van der Waals surface area contributed by atoms with Crippen molar-refractivity contribution in [2.45, 2.75) is 0 Å². The number of nitrogen functional groups attached to an aromatic ring is 1. The number of hydrogen-bond donors (Lipinski definition) is 3. The van der Waals surface area contributed by atoms with E-state index in [1.165, 1.54) is 0 Å².